The monoisotopic (exact) mass is 412 g/mol. The Bertz CT molecular complexity index is 1410. The molecule has 0 saturated carbocycles. The smallest absolute Gasteiger partial charge is 0.155 e. The Morgan fingerprint density at radius 2 is 1.97 bits per heavy atom. The van der Waals surface area contributed by atoms with E-state index < -0.39 is 0 Å². The molecule has 0 aliphatic heterocycles. The van der Waals surface area contributed by atoms with E-state index in [4.69, 9.17) is 9.15 Å². The lowest BCUT2D eigenvalue weighted by Gasteiger charge is -2.08. The van der Waals surface area contributed by atoms with Gasteiger partial charge in [0.25, 0.3) is 0 Å². The maximum Gasteiger partial charge on any atom is 0.155 e. The summed E-state index contributed by atoms with van der Waals surface area (Å²) in [5, 5.41) is 14.1. The van der Waals surface area contributed by atoms with Crippen molar-refractivity contribution in [2.45, 2.75) is 12.8 Å². The van der Waals surface area contributed by atoms with Gasteiger partial charge in [-0.15, -0.1) is 0 Å². The molecular formula is C24H20N4O3. The molecule has 31 heavy (non-hydrogen) atoms. The predicted octanol–water partition coefficient (Wildman–Crippen LogP) is 4.44. The number of aryl methyl sites for hydroxylation is 1. The van der Waals surface area contributed by atoms with E-state index in [9.17, 15) is 5.21 Å². The Balaban J connectivity index is 1.38. The first-order chi connectivity index (χ1) is 15.3. The van der Waals surface area contributed by atoms with Gasteiger partial charge in [0.05, 0.1) is 18.3 Å². The van der Waals surface area contributed by atoms with Gasteiger partial charge in [0.2, 0.25) is 0 Å². The molecule has 0 unspecified atom stereocenters. The van der Waals surface area contributed by atoms with E-state index in [-0.39, 0.29) is 0 Å². The van der Waals surface area contributed by atoms with Gasteiger partial charge < -0.3 is 18.8 Å². The average Bonchev–Trinajstić information content (AvgIpc) is 3.30. The maximum absolute atomic E-state index is 9.59. The third kappa shape index (κ3) is 3.98. The number of pyridine rings is 1. The molecule has 1 N–H and O–H groups in total. The summed E-state index contributed by atoms with van der Waals surface area (Å²) in [5.74, 6) is 1.22. The van der Waals surface area contributed by atoms with Crippen LogP contribution in [0.2, 0.25) is 0 Å². The lowest BCUT2D eigenvalue weighted by atomic mass is 10.1. The molecule has 154 valence electrons. The summed E-state index contributed by atoms with van der Waals surface area (Å²) < 4.78 is 13.9. The lowest BCUT2D eigenvalue weighted by molar-refractivity contribution is 0.302. The van der Waals surface area contributed by atoms with Crippen LogP contribution in [0.1, 0.15) is 12.0 Å². The highest BCUT2D eigenvalue weighted by Crippen LogP contribution is 2.24. The lowest BCUT2D eigenvalue weighted by Crippen LogP contribution is -2.05. The fraction of sp³-hybridized carbons (Fsp3) is 0.125. The van der Waals surface area contributed by atoms with Crippen LogP contribution in [0.15, 0.2) is 89.1 Å². The van der Waals surface area contributed by atoms with Crippen LogP contribution in [-0.4, -0.2) is 26.2 Å². The van der Waals surface area contributed by atoms with Crippen molar-refractivity contribution in [3.8, 4) is 17.2 Å². The zero-order chi connectivity index (χ0) is 21.0. The van der Waals surface area contributed by atoms with Crippen LogP contribution >= 0.6 is 0 Å². The van der Waals surface area contributed by atoms with Gasteiger partial charge in [-0.3, -0.25) is 4.98 Å². The first-order valence-electron chi connectivity index (χ1n) is 10.0. The van der Waals surface area contributed by atoms with Crippen LogP contribution in [0.3, 0.4) is 0 Å². The second-order valence-corrected chi connectivity index (χ2v) is 7.18. The van der Waals surface area contributed by atoms with Crippen LogP contribution in [0.4, 0.5) is 0 Å². The van der Waals surface area contributed by atoms with E-state index in [0.29, 0.717) is 40.1 Å². The number of aromatic nitrogens is 3. The van der Waals surface area contributed by atoms with E-state index >= 15 is 0 Å². The molecule has 4 heterocycles. The molecule has 0 fully saturated rings. The van der Waals surface area contributed by atoms with Crippen molar-refractivity contribution in [3.05, 3.63) is 90.4 Å². The molecule has 7 heteroatoms. The van der Waals surface area contributed by atoms with Crippen LogP contribution in [0.5, 0.6) is 5.75 Å². The molecule has 5 rings (SSSR count). The Kier molecular flexibility index (Phi) is 5.06. The van der Waals surface area contributed by atoms with Gasteiger partial charge in [0.15, 0.2) is 5.76 Å². The summed E-state index contributed by atoms with van der Waals surface area (Å²) in [7, 11) is 0. The number of hydrogen-bond donors (Lipinski definition) is 1. The molecule has 0 radical (unpaired) electrons. The highest BCUT2D eigenvalue weighted by atomic mass is 16.5. The summed E-state index contributed by atoms with van der Waals surface area (Å²) in [6, 6.07) is 17.1. The van der Waals surface area contributed by atoms with Gasteiger partial charge in [0.1, 0.15) is 22.4 Å². The van der Waals surface area contributed by atoms with Crippen molar-refractivity contribution in [2.75, 3.05) is 6.61 Å². The Hall–Kier alpha value is -4.13. The van der Waals surface area contributed by atoms with Gasteiger partial charge in [-0.05, 0) is 66.9 Å². The summed E-state index contributed by atoms with van der Waals surface area (Å²) >= 11 is 0. The van der Waals surface area contributed by atoms with Gasteiger partial charge in [-0.25, -0.2) is 4.98 Å². The maximum atomic E-state index is 9.59. The largest absolute Gasteiger partial charge is 0.494 e. The van der Waals surface area contributed by atoms with E-state index in [1.54, 1.807) is 24.8 Å². The fourth-order valence-corrected chi connectivity index (χ4v) is 3.53. The summed E-state index contributed by atoms with van der Waals surface area (Å²) in [6.45, 7) is 0.579. The minimum Gasteiger partial charge on any atom is -0.494 e. The number of ether oxygens (including phenoxy) is 1. The molecule has 0 bridgehead atoms. The second-order valence-electron chi connectivity index (χ2n) is 7.18. The Labute approximate surface area is 177 Å². The standard InChI is InChI=1S/C24H20N4O3/c29-27-21-15-24(22-13-18-4-1-11-28(18)16-26-22)31-23-6-5-19(14-20(21)23)30-12-2-3-17-7-9-25-10-8-17/h1,4-11,13-16,29H,2-3,12H2/b27-21-. The molecular weight excluding hydrogens is 392 g/mol. The highest BCUT2D eigenvalue weighted by molar-refractivity contribution is 5.80. The molecule has 0 saturated heterocycles. The molecule has 0 amide bonds. The van der Waals surface area contributed by atoms with Crippen LogP contribution in [-0.2, 0) is 6.42 Å². The summed E-state index contributed by atoms with van der Waals surface area (Å²) in [4.78, 5) is 8.47. The number of rotatable bonds is 6. The molecule has 0 spiro atoms. The molecule has 0 atom stereocenters. The van der Waals surface area contributed by atoms with E-state index in [1.165, 1.54) is 5.56 Å². The highest BCUT2D eigenvalue weighted by Gasteiger charge is 2.10. The predicted molar refractivity (Wildman–Crippen MR) is 116 cm³/mol. The molecule has 5 aromatic rings. The van der Waals surface area contributed by atoms with Crippen LogP contribution in [0.25, 0.3) is 27.9 Å². The van der Waals surface area contributed by atoms with Crippen molar-refractivity contribution in [3.63, 3.8) is 0 Å². The second kappa shape index (κ2) is 8.31. The quantitative estimate of drug-likeness (QED) is 0.253. The van der Waals surface area contributed by atoms with Gasteiger partial charge in [-0.2, -0.15) is 0 Å². The zero-order valence-electron chi connectivity index (χ0n) is 16.7. The average molecular weight is 412 g/mol. The molecule has 1 aromatic carbocycles. The number of nitrogens with zero attached hydrogens (tertiary/aromatic N) is 4. The van der Waals surface area contributed by atoms with Crippen molar-refractivity contribution in [1.82, 2.24) is 14.4 Å². The summed E-state index contributed by atoms with van der Waals surface area (Å²) in [5.41, 5.74) is 3.48. The van der Waals surface area contributed by atoms with Gasteiger partial charge >= 0.3 is 0 Å². The van der Waals surface area contributed by atoms with Gasteiger partial charge in [-0.1, -0.05) is 5.16 Å². The third-order valence-corrected chi connectivity index (χ3v) is 5.12. The van der Waals surface area contributed by atoms with Crippen molar-refractivity contribution >= 4 is 16.5 Å². The first kappa shape index (κ1) is 18.9. The zero-order valence-corrected chi connectivity index (χ0v) is 16.7. The number of hydrogen-bond acceptors (Lipinski definition) is 6. The fourth-order valence-electron chi connectivity index (χ4n) is 3.53. The third-order valence-electron chi connectivity index (χ3n) is 5.12. The molecule has 0 aliphatic rings. The molecule has 4 aromatic heterocycles. The Morgan fingerprint density at radius 1 is 1.06 bits per heavy atom. The Morgan fingerprint density at radius 3 is 2.84 bits per heavy atom. The first-order valence-corrected chi connectivity index (χ1v) is 10.0. The molecule has 0 aliphatic carbocycles. The normalized spacial score (nSPS) is 11.9. The minimum atomic E-state index is 0.399. The van der Waals surface area contributed by atoms with E-state index in [1.807, 2.05) is 59.1 Å². The molecule has 7 nitrogen and oxygen atoms in total. The topological polar surface area (TPSA) is 85.2 Å². The van der Waals surface area contributed by atoms with Crippen molar-refractivity contribution in [2.24, 2.45) is 5.16 Å². The van der Waals surface area contributed by atoms with E-state index in [2.05, 4.69) is 15.1 Å². The van der Waals surface area contributed by atoms with Crippen molar-refractivity contribution < 1.29 is 14.4 Å². The number of benzene rings is 1. The summed E-state index contributed by atoms with van der Waals surface area (Å²) in [6.07, 6.45) is 9.05. The van der Waals surface area contributed by atoms with Crippen LogP contribution < -0.4 is 10.1 Å². The van der Waals surface area contributed by atoms with Gasteiger partial charge in [0, 0.05) is 30.2 Å². The minimum absolute atomic E-state index is 0.399. The van der Waals surface area contributed by atoms with E-state index in [0.717, 1.165) is 18.4 Å². The SMILES string of the molecule is O/N=c1/cc(-c2cc3cccn3cn2)oc2ccc(OCCCc3ccncc3)cc12. The number of fused-ring (bicyclic) bond motifs is 2. The van der Waals surface area contributed by atoms with Crippen molar-refractivity contribution in [1.29, 1.82) is 0 Å². The van der Waals surface area contributed by atoms with Crippen LogP contribution in [0, 0.1) is 0 Å².